The summed E-state index contributed by atoms with van der Waals surface area (Å²) in [6.07, 6.45) is 5.36. The number of carboxylic acid groups (broad SMARTS) is 1. The number of hydrogen-bond donors (Lipinski definition) is 2. The fourth-order valence-electron chi connectivity index (χ4n) is 4.11. The van der Waals surface area contributed by atoms with E-state index in [-0.39, 0.29) is 12.0 Å². The normalized spacial score (nSPS) is 24.2. The molecule has 2 aromatic carbocycles. The fraction of sp³-hybridized carbons (Fsp3) is 0.250. The summed E-state index contributed by atoms with van der Waals surface area (Å²) in [5, 5.41) is 13.9. The standard InChI is InChI=1S/C20H18ClNO2/c1-11-9-12(21)10-17-13-7-4-8-14(13)19(22-18(11)17)15-5-2-3-6-16(15)20(23)24/h2-7,9-10,13-14,19,22H,8H2,1H3,(H,23,24)/t13-,14+,19-/m0/s1. The van der Waals surface area contributed by atoms with Gasteiger partial charge in [0.2, 0.25) is 0 Å². The number of carboxylic acids is 1. The Morgan fingerprint density at radius 2 is 2.04 bits per heavy atom. The highest BCUT2D eigenvalue weighted by Crippen LogP contribution is 2.51. The Kier molecular flexibility index (Phi) is 3.61. The molecule has 0 amide bonds. The Morgan fingerprint density at radius 1 is 1.25 bits per heavy atom. The van der Waals surface area contributed by atoms with Crippen LogP contribution in [0.15, 0.2) is 48.6 Å². The third-order valence-electron chi connectivity index (χ3n) is 5.16. The number of aromatic carboxylic acids is 1. The van der Waals surface area contributed by atoms with E-state index in [9.17, 15) is 9.90 Å². The zero-order valence-electron chi connectivity index (χ0n) is 13.3. The molecule has 1 aliphatic heterocycles. The molecule has 122 valence electrons. The molecule has 3 atom stereocenters. The Bertz CT molecular complexity index is 859. The van der Waals surface area contributed by atoms with Crippen molar-refractivity contribution in [2.75, 3.05) is 5.32 Å². The van der Waals surface area contributed by atoms with Gasteiger partial charge in [0.15, 0.2) is 0 Å². The lowest BCUT2D eigenvalue weighted by molar-refractivity contribution is 0.0694. The fourth-order valence-corrected chi connectivity index (χ4v) is 4.39. The third kappa shape index (κ3) is 2.31. The smallest absolute Gasteiger partial charge is 0.336 e. The second kappa shape index (κ2) is 5.67. The number of rotatable bonds is 2. The van der Waals surface area contributed by atoms with Crippen molar-refractivity contribution in [3.05, 3.63) is 75.8 Å². The summed E-state index contributed by atoms with van der Waals surface area (Å²) < 4.78 is 0. The highest BCUT2D eigenvalue weighted by molar-refractivity contribution is 6.30. The minimum Gasteiger partial charge on any atom is -0.478 e. The molecule has 0 unspecified atom stereocenters. The van der Waals surface area contributed by atoms with Crippen molar-refractivity contribution in [1.82, 2.24) is 0 Å². The van der Waals surface area contributed by atoms with E-state index in [4.69, 9.17) is 11.6 Å². The van der Waals surface area contributed by atoms with Crippen LogP contribution in [-0.2, 0) is 0 Å². The van der Waals surface area contributed by atoms with Gasteiger partial charge in [0.05, 0.1) is 11.6 Å². The first kappa shape index (κ1) is 15.3. The first-order valence-electron chi connectivity index (χ1n) is 8.11. The topological polar surface area (TPSA) is 49.3 Å². The molecule has 4 heteroatoms. The molecule has 1 heterocycles. The number of fused-ring (bicyclic) bond motifs is 3. The van der Waals surface area contributed by atoms with E-state index in [2.05, 4.69) is 17.5 Å². The average Bonchev–Trinajstić information content (AvgIpc) is 3.04. The van der Waals surface area contributed by atoms with Crippen LogP contribution in [-0.4, -0.2) is 11.1 Å². The average molecular weight is 340 g/mol. The van der Waals surface area contributed by atoms with Crippen LogP contribution in [0.3, 0.4) is 0 Å². The van der Waals surface area contributed by atoms with Crippen molar-refractivity contribution in [1.29, 1.82) is 0 Å². The molecule has 0 saturated heterocycles. The van der Waals surface area contributed by atoms with Gasteiger partial charge in [0, 0.05) is 16.6 Å². The first-order chi connectivity index (χ1) is 11.6. The number of aryl methyl sites for hydroxylation is 1. The molecule has 1 aliphatic carbocycles. The minimum atomic E-state index is -0.881. The van der Waals surface area contributed by atoms with Gasteiger partial charge in [-0.3, -0.25) is 0 Å². The van der Waals surface area contributed by atoms with E-state index in [0.29, 0.717) is 11.5 Å². The molecule has 3 nitrogen and oxygen atoms in total. The summed E-state index contributed by atoms with van der Waals surface area (Å²) in [5.74, 6) is -0.310. The second-order valence-corrected chi connectivity index (χ2v) is 6.99. The molecular formula is C20H18ClNO2. The number of nitrogens with one attached hydrogen (secondary N) is 1. The van der Waals surface area contributed by atoms with Gasteiger partial charge in [-0.25, -0.2) is 4.79 Å². The Balaban J connectivity index is 1.86. The predicted octanol–water partition coefficient (Wildman–Crippen LogP) is 5.17. The Labute approximate surface area is 146 Å². The van der Waals surface area contributed by atoms with Gasteiger partial charge in [-0.2, -0.15) is 0 Å². The SMILES string of the molecule is Cc1cc(Cl)cc2c1N[C@H](c1ccccc1C(=O)O)[C@@H]1CC=C[C@H]21. The lowest BCUT2D eigenvalue weighted by Crippen LogP contribution is -2.30. The third-order valence-corrected chi connectivity index (χ3v) is 5.38. The molecule has 0 spiro atoms. The minimum absolute atomic E-state index is 0.0234. The molecule has 4 rings (SSSR count). The number of allylic oxidation sites excluding steroid dienone is 2. The monoisotopic (exact) mass is 339 g/mol. The van der Waals surface area contributed by atoms with Gasteiger partial charge < -0.3 is 10.4 Å². The maximum Gasteiger partial charge on any atom is 0.336 e. The summed E-state index contributed by atoms with van der Waals surface area (Å²) in [4.78, 5) is 11.7. The lowest BCUT2D eigenvalue weighted by Gasteiger charge is -2.39. The zero-order chi connectivity index (χ0) is 16.8. The van der Waals surface area contributed by atoms with Crippen molar-refractivity contribution < 1.29 is 9.90 Å². The quantitative estimate of drug-likeness (QED) is 0.742. The van der Waals surface area contributed by atoms with E-state index >= 15 is 0 Å². The van der Waals surface area contributed by atoms with Crippen LogP contribution in [0, 0.1) is 12.8 Å². The number of carbonyl (C=O) groups is 1. The summed E-state index contributed by atoms with van der Waals surface area (Å²) in [6, 6.07) is 11.2. The highest BCUT2D eigenvalue weighted by atomic mass is 35.5. The van der Waals surface area contributed by atoms with Gasteiger partial charge >= 0.3 is 5.97 Å². The van der Waals surface area contributed by atoms with Gasteiger partial charge in [-0.1, -0.05) is 42.0 Å². The van der Waals surface area contributed by atoms with Crippen LogP contribution in [0.4, 0.5) is 5.69 Å². The second-order valence-electron chi connectivity index (χ2n) is 6.55. The number of halogens is 1. The number of benzene rings is 2. The van der Waals surface area contributed by atoms with Crippen LogP contribution in [0.25, 0.3) is 0 Å². The lowest BCUT2D eigenvalue weighted by atomic mass is 9.75. The van der Waals surface area contributed by atoms with E-state index in [1.54, 1.807) is 12.1 Å². The molecule has 0 fully saturated rings. The summed E-state index contributed by atoms with van der Waals surface area (Å²) in [6.45, 7) is 2.04. The summed E-state index contributed by atoms with van der Waals surface area (Å²) in [7, 11) is 0. The van der Waals surface area contributed by atoms with Crippen molar-refractivity contribution in [2.24, 2.45) is 5.92 Å². The largest absolute Gasteiger partial charge is 0.478 e. The van der Waals surface area contributed by atoms with E-state index in [1.807, 2.05) is 31.2 Å². The van der Waals surface area contributed by atoms with Gasteiger partial charge in [0.1, 0.15) is 0 Å². The molecular weight excluding hydrogens is 322 g/mol. The van der Waals surface area contributed by atoms with Crippen LogP contribution in [0.5, 0.6) is 0 Å². The van der Waals surface area contributed by atoms with Crippen LogP contribution < -0.4 is 5.32 Å². The molecule has 0 radical (unpaired) electrons. The molecule has 2 aliphatic rings. The Hall–Kier alpha value is -2.26. The van der Waals surface area contributed by atoms with E-state index < -0.39 is 5.97 Å². The van der Waals surface area contributed by atoms with E-state index in [1.165, 1.54) is 5.56 Å². The molecule has 2 aromatic rings. The summed E-state index contributed by atoms with van der Waals surface area (Å²) in [5.41, 5.74) is 4.61. The number of anilines is 1. The van der Waals surface area contributed by atoms with Crippen molar-refractivity contribution in [3.63, 3.8) is 0 Å². The molecule has 0 bridgehead atoms. The van der Waals surface area contributed by atoms with Gasteiger partial charge in [-0.15, -0.1) is 0 Å². The Morgan fingerprint density at radius 3 is 2.83 bits per heavy atom. The van der Waals surface area contributed by atoms with Crippen LogP contribution in [0.2, 0.25) is 5.02 Å². The summed E-state index contributed by atoms with van der Waals surface area (Å²) >= 11 is 6.26. The number of hydrogen-bond acceptors (Lipinski definition) is 2. The van der Waals surface area contributed by atoms with Crippen molar-refractivity contribution in [3.8, 4) is 0 Å². The zero-order valence-corrected chi connectivity index (χ0v) is 14.0. The molecule has 0 aromatic heterocycles. The van der Waals surface area contributed by atoms with Gasteiger partial charge in [-0.05, 0) is 54.2 Å². The van der Waals surface area contributed by atoms with Crippen LogP contribution >= 0.6 is 11.6 Å². The van der Waals surface area contributed by atoms with Crippen LogP contribution in [0.1, 0.15) is 45.4 Å². The van der Waals surface area contributed by atoms with Crippen molar-refractivity contribution in [2.45, 2.75) is 25.3 Å². The van der Waals surface area contributed by atoms with Crippen molar-refractivity contribution >= 4 is 23.3 Å². The van der Waals surface area contributed by atoms with Gasteiger partial charge in [0.25, 0.3) is 0 Å². The maximum absolute atomic E-state index is 11.7. The molecule has 24 heavy (non-hydrogen) atoms. The molecule has 2 N–H and O–H groups in total. The molecule has 0 saturated carbocycles. The highest BCUT2D eigenvalue weighted by Gasteiger charge is 2.39. The first-order valence-corrected chi connectivity index (χ1v) is 8.49. The predicted molar refractivity (Wildman–Crippen MR) is 95.9 cm³/mol. The van der Waals surface area contributed by atoms with E-state index in [0.717, 1.165) is 28.3 Å². The maximum atomic E-state index is 11.7.